The molecular weight excluding hydrogens is 319 g/mol. The van der Waals surface area contributed by atoms with E-state index < -0.39 is 0 Å². The fraction of sp³-hybridized carbons (Fsp3) is 0.421. The lowest BCUT2D eigenvalue weighted by molar-refractivity contribution is 0.0944. The van der Waals surface area contributed by atoms with E-state index in [2.05, 4.69) is 20.8 Å². The Bertz CT molecular complexity index is 697. The molecule has 1 aliphatic carbocycles. The number of aromatic nitrogens is 2. The minimum absolute atomic E-state index is 0.120. The van der Waals surface area contributed by atoms with Crippen molar-refractivity contribution in [1.29, 1.82) is 0 Å². The van der Waals surface area contributed by atoms with Gasteiger partial charge in [0.15, 0.2) is 5.69 Å². The van der Waals surface area contributed by atoms with Crippen LogP contribution in [0.1, 0.15) is 54.6 Å². The van der Waals surface area contributed by atoms with E-state index in [1.165, 1.54) is 31.7 Å². The first-order chi connectivity index (χ1) is 12.2. The van der Waals surface area contributed by atoms with Crippen LogP contribution in [0.25, 0.3) is 0 Å². The van der Waals surface area contributed by atoms with Crippen molar-refractivity contribution >= 4 is 11.7 Å². The fourth-order valence-electron chi connectivity index (χ4n) is 3.07. The molecule has 3 rings (SSSR count). The van der Waals surface area contributed by atoms with Crippen LogP contribution in [0, 0.1) is 5.82 Å². The molecule has 1 heterocycles. The molecular formula is C19H23FN4O. The van der Waals surface area contributed by atoms with E-state index in [1.54, 1.807) is 30.3 Å². The summed E-state index contributed by atoms with van der Waals surface area (Å²) in [6, 6.07) is 10.2. The van der Waals surface area contributed by atoms with Gasteiger partial charge in [-0.1, -0.05) is 43.9 Å². The van der Waals surface area contributed by atoms with Crippen molar-refractivity contribution in [3.8, 4) is 0 Å². The number of carbonyl (C=O) groups excluding carboxylic acids is 1. The molecule has 132 valence electrons. The van der Waals surface area contributed by atoms with E-state index >= 15 is 0 Å². The van der Waals surface area contributed by atoms with E-state index in [0.717, 1.165) is 12.8 Å². The lowest BCUT2D eigenvalue weighted by Gasteiger charge is -2.16. The molecule has 0 spiro atoms. The van der Waals surface area contributed by atoms with Gasteiger partial charge < -0.3 is 10.6 Å². The van der Waals surface area contributed by atoms with Gasteiger partial charge in [-0.25, -0.2) is 4.39 Å². The number of halogens is 1. The van der Waals surface area contributed by atoms with Crippen molar-refractivity contribution in [3.05, 3.63) is 53.5 Å². The highest BCUT2D eigenvalue weighted by atomic mass is 19.1. The van der Waals surface area contributed by atoms with Gasteiger partial charge in [0, 0.05) is 18.2 Å². The molecule has 1 amide bonds. The van der Waals surface area contributed by atoms with E-state index in [1.807, 2.05) is 0 Å². The zero-order valence-electron chi connectivity index (χ0n) is 14.2. The second-order valence-electron chi connectivity index (χ2n) is 6.41. The molecule has 1 aliphatic rings. The molecule has 0 unspecified atom stereocenters. The number of hydrogen-bond acceptors (Lipinski definition) is 4. The van der Waals surface area contributed by atoms with Crippen molar-refractivity contribution < 1.29 is 9.18 Å². The van der Waals surface area contributed by atoms with E-state index in [4.69, 9.17) is 0 Å². The number of amides is 1. The summed E-state index contributed by atoms with van der Waals surface area (Å²) in [5, 5.41) is 14.1. The number of hydrogen-bond donors (Lipinski definition) is 2. The molecule has 1 aromatic heterocycles. The average molecular weight is 342 g/mol. The Morgan fingerprint density at radius 3 is 2.48 bits per heavy atom. The summed E-state index contributed by atoms with van der Waals surface area (Å²) in [6.45, 7) is 0.120. The molecule has 0 radical (unpaired) electrons. The monoisotopic (exact) mass is 342 g/mol. The van der Waals surface area contributed by atoms with Crippen LogP contribution in [0.2, 0.25) is 0 Å². The average Bonchev–Trinajstić information content (AvgIpc) is 2.90. The van der Waals surface area contributed by atoms with Gasteiger partial charge in [0.2, 0.25) is 0 Å². The summed E-state index contributed by atoms with van der Waals surface area (Å²) in [5.41, 5.74) is 0.665. The largest absolute Gasteiger partial charge is 0.366 e. The van der Waals surface area contributed by atoms with Gasteiger partial charge >= 0.3 is 0 Å². The van der Waals surface area contributed by atoms with Gasteiger partial charge in [-0.05, 0) is 31.0 Å². The second kappa shape index (κ2) is 8.55. The number of carbonyl (C=O) groups is 1. The van der Waals surface area contributed by atoms with Crippen molar-refractivity contribution in [2.75, 3.05) is 5.32 Å². The number of rotatable bonds is 5. The Morgan fingerprint density at radius 1 is 1.04 bits per heavy atom. The first kappa shape index (κ1) is 17.3. The number of benzene rings is 1. The third kappa shape index (κ3) is 4.98. The minimum atomic E-state index is -0.364. The standard InChI is InChI=1S/C19H23FN4O/c20-16-10-6-5-7-14(16)13-21-19(25)17-11-12-18(24-23-17)22-15-8-3-1-2-4-9-15/h5-7,10-12,15H,1-4,8-9,13H2,(H,21,25)(H,22,24). The summed E-state index contributed by atoms with van der Waals surface area (Å²) >= 11 is 0. The smallest absolute Gasteiger partial charge is 0.272 e. The molecule has 2 aromatic rings. The van der Waals surface area contributed by atoms with E-state index in [-0.39, 0.29) is 24.0 Å². The number of anilines is 1. The Hall–Kier alpha value is -2.50. The van der Waals surface area contributed by atoms with Crippen molar-refractivity contribution in [3.63, 3.8) is 0 Å². The molecule has 0 bridgehead atoms. The molecule has 1 saturated carbocycles. The zero-order chi connectivity index (χ0) is 17.5. The van der Waals surface area contributed by atoms with Crippen LogP contribution < -0.4 is 10.6 Å². The van der Waals surface area contributed by atoms with Crippen molar-refractivity contribution in [2.24, 2.45) is 0 Å². The van der Waals surface area contributed by atoms with Crippen molar-refractivity contribution in [1.82, 2.24) is 15.5 Å². The Balaban J connectivity index is 1.54. The fourth-order valence-corrected chi connectivity index (χ4v) is 3.07. The number of nitrogens with zero attached hydrogens (tertiary/aromatic N) is 2. The van der Waals surface area contributed by atoms with Gasteiger partial charge in [-0.15, -0.1) is 10.2 Å². The predicted octanol–water partition coefficient (Wildman–Crippen LogP) is 3.68. The maximum atomic E-state index is 13.6. The van der Waals surface area contributed by atoms with Gasteiger partial charge in [-0.2, -0.15) is 0 Å². The SMILES string of the molecule is O=C(NCc1ccccc1F)c1ccc(NC2CCCCCC2)nn1. The predicted molar refractivity (Wildman–Crippen MR) is 94.7 cm³/mol. The number of nitrogens with one attached hydrogen (secondary N) is 2. The lowest BCUT2D eigenvalue weighted by atomic mass is 10.1. The highest BCUT2D eigenvalue weighted by Gasteiger charge is 2.14. The van der Waals surface area contributed by atoms with Gasteiger partial charge in [0.1, 0.15) is 11.6 Å². The summed E-state index contributed by atoms with van der Waals surface area (Å²) in [5.74, 6) is -0.00819. The summed E-state index contributed by atoms with van der Waals surface area (Å²) < 4.78 is 13.6. The highest BCUT2D eigenvalue weighted by Crippen LogP contribution is 2.20. The van der Waals surface area contributed by atoms with Crippen molar-refractivity contribution in [2.45, 2.75) is 51.1 Å². The first-order valence-electron chi connectivity index (χ1n) is 8.84. The van der Waals surface area contributed by atoms with Crippen LogP contribution in [0.5, 0.6) is 0 Å². The highest BCUT2D eigenvalue weighted by molar-refractivity contribution is 5.92. The van der Waals surface area contributed by atoms with E-state index in [0.29, 0.717) is 17.4 Å². The first-order valence-corrected chi connectivity index (χ1v) is 8.84. The summed E-state index contributed by atoms with van der Waals surface area (Å²) in [6.07, 6.45) is 7.36. The molecule has 0 saturated heterocycles. The second-order valence-corrected chi connectivity index (χ2v) is 6.41. The Morgan fingerprint density at radius 2 is 1.80 bits per heavy atom. The van der Waals surface area contributed by atoms with Crippen LogP contribution >= 0.6 is 0 Å². The van der Waals surface area contributed by atoms with Crippen LogP contribution in [0.4, 0.5) is 10.2 Å². The third-order valence-corrected chi connectivity index (χ3v) is 4.50. The Labute approximate surface area is 147 Å². The van der Waals surface area contributed by atoms with Crippen LogP contribution in [-0.4, -0.2) is 22.1 Å². The molecule has 2 N–H and O–H groups in total. The van der Waals surface area contributed by atoms with Gasteiger partial charge in [0.05, 0.1) is 0 Å². The van der Waals surface area contributed by atoms with Crippen LogP contribution in [-0.2, 0) is 6.54 Å². The maximum Gasteiger partial charge on any atom is 0.272 e. The molecule has 1 aromatic carbocycles. The molecule has 1 fully saturated rings. The molecule has 0 atom stereocenters. The molecule has 25 heavy (non-hydrogen) atoms. The van der Waals surface area contributed by atoms with E-state index in [9.17, 15) is 9.18 Å². The summed E-state index contributed by atoms with van der Waals surface area (Å²) in [7, 11) is 0. The zero-order valence-corrected chi connectivity index (χ0v) is 14.2. The minimum Gasteiger partial charge on any atom is -0.366 e. The van der Waals surface area contributed by atoms with Crippen LogP contribution in [0.15, 0.2) is 36.4 Å². The lowest BCUT2D eigenvalue weighted by Crippen LogP contribution is -2.25. The quantitative estimate of drug-likeness (QED) is 0.814. The summed E-state index contributed by atoms with van der Waals surface area (Å²) in [4.78, 5) is 12.1. The Kier molecular flexibility index (Phi) is 5.93. The van der Waals surface area contributed by atoms with Crippen LogP contribution in [0.3, 0.4) is 0 Å². The molecule has 5 nitrogen and oxygen atoms in total. The third-order valence-electron chi connectivity index (χ3n) is 4.50. The van der Waals surface area contributed by atoms with Gasteiger partial charge in [0.25, 0.3) is 5.91 Å². The van der Waals surface area contributed by atoms with Gasteiger partial charge in [-0.3, -0.25) is 4.79 Å². The molecule has 6 heteroatoms. The molecule has 0 aliphatic heterocycles. The topological polar surface area (TPSA) is 66.9 Å². The maximum absolute atomic E-state index is 13.6. The normalized spacial score (nSPS) is 15.4.